The molecule has 0 saturated carbocycles. The fraction of sp³-hybridized carbons (Fsp3) is 0.100. The van der Waals surface area contributed by atoms with Gasteiger partial charge < -0.3 is 11.1 Å². The van der Waals surface area contributed by atoms with Crippen LogP contribution in [0.1, 0.15) is 10.4 Å². The van der Waals surface area contributed by atoms with Crippen molar-refractivity contribution in [2.75, 3.05) is 7.05 Å². The Morgan fingerprint density at radius 1 is 1.20 bits per heavy atom. The highest BCUT2D eigenvalue weighted by molar-refractivity contribution is 6.11. The van der Waals surface area contributed by atoms with Gasteiger partial charge in [-0.05, 0) is 24.3 Å². The lowest BCUT2D eigenvalue weighted by Gasteiger charge is -2.09. The van der Waals surface area contributed by atoms with Gasteiger partial charge >= 0.3 is 6.18 Å². The van der Waals surface area contributed by atoms with Crippen molar-refractivity contribution in [1.82, 2.24) is 15.3 Å². The van der Waals surface area contributed by atoms with E-state index in [2.05, 4.69) is 20.3 Å². The first-order valence-electron chi connectivity index (χ1n) is 8.51. The Labute approximate surface area is 168 Å². The Morgan fingerprint density at radius 3 is 2.63 bits per heavy atom. The summed E-state index contributed by atoms with van der Waals surface area (Å²) in [6.07, 6.45) is -0.191. The summed E-state index contributed by atoms with van der Waals surface area (Å²) in [6.45, 7) is 0. The third-order valence-corrected chi connectivity index (χ3v) is 4.13. The van der Waals surface area contributed by atoms with Crippen LogP contribution in [0.2, 0.25) is 0 Å². The molecule has 1 aromatic carbocycles. The number of hydrogen-bond donors (Lipinski definition) is 2. The van der Waals surface area contributed by atoms with Gasteiger partial charge in [0.1, 0.15) is 17.3 Å². The highest BCUT2D eigenvalue weighted by Gasteiger charge is 2.31. The summed E-state index contributed by atoms with van der Waals surface area (Å²) in [7, 11) is 1.22. The first kappa shape index (κ1) is 20.9. The second-order valence-corrected chi connectivity index (χ2v) is 6.15. The van der Waals surface area contributed by atoms with Gasteiger partial charge in [-0.15, -0.1) is 0 Å². The van der Waals surface area contributed by atoms with Gasteiger partial charge in [-0.2, -0.15) is 13.2 Å². The van der Waals surface area contributed by atoms with Crippen LogP contribution in [0.4, 0.5) is 17.6 Å². The first-order valence-corrected chi connectivity index (χ1v) is 8.51. The van der Waals surface area contributed by atoms with E-state index < -0.39 is 23.6 Å². The number of rotatable bonds is 3. The quantitative estimate of drug-likeness (QED) is 0.387. The maximum Gasteiger partial charge on any atom is 0.430 e. The van der Waals surface area contributed by atoms with Crippen molar-refractivity contribution in [3.8, 4) is 11.1 Å². The number of amidine groups is 1. The molecule has 0 bridgehead atoms. The van der Waals surface area contributed by atoms with Crippen LogP contribution in [0.5, 0.6) is 0 Å². The van der Waals surface area contributed by atoms with Gasteiger partial charge in [0.2, 0.25) is 0 Å². The first-order chi connectivity index (χ1) is 14.2. The van der Waals surface area contributed by atoms with Gasteiger partial charge in [-0.25, -0.2) is 4.39 Å². The molecule has 3 rings (SSSR count). The molecule has 6 nitrogen and oxygen atoms in total. The van der Waals surface area contributed by atoms with Crippen molar-refractivity contribution < 1.29 is 22.4 Å². The van der Waals surface area contributed by atoms with Gasteiger partial charge in [0, 0.05) is 47.6 Å². The lowest BCUT2D eigenvalue weighted by molar-refractivity contribution is -0.0925. The highest BCUT2D eigenvalue weighted by atomic mass is 19.4. The largest absolute Gasteiger partial charge is 0.430 e. The fourth-order valence-corrected chi connectivity index (χ4v) is 2.59. The average molecular weight is 417 g/mol. The molecule has 2 heterocycles. The standard InChI is InChI=1S/C20H15F4N5O/c1-26-18(8-17(25)20(22,23)24)29-19(30)12-3-2-11-6-13(9-28-16(11)7-12)14-4-5-27-10-15(14)21/h2-10H,25H2,1H3,(H,26,29,30). The Bertz CT molecular complexity index is 1170. The Kier molecular flexibility index (Phi) is 5.77. The molecule has 3 aromatic rings. The van der Waals surface area contributed by atoms with Crippen LogP contribution in [0, 0.1) is 5.82 Å². The third kappa shape index (κ3) is 4.59. The number of nitrogens with zero attached hydrogens (tertiary/aromatic N) is 3. The smallest absolute Gasteiger partial charge is 0.395 e. The number of fused-ring (bicyclic) bond motifs is 1. The second-order valence-electron chi connectivity index (χ2n) is 6.15. The lowest BCUT2D eigenvalue weighted by atomic mass is 10.0. The highest BCUT2D eigenvalue weighted by Crippen LogP contribution is 2.25. The molecule has 154 valence electrons. The number of amides is 1. The summed E-state index contributed by atoms with van der Waals surface area (Å²) in [5, 5.41) is 2.91. The number of alkyl halides is 3. The predicted molar refractivity (Wildman–Crippen MR) is 104 cm³/mol. The molecule has 0 saturated heterocycles. The summed E-state index contributed by atoms with van der Waals surface area (Å²) in [6, 6.07) is 7.75. The van der Waals surface area contributed by atoms with Crippen molar-refractivity contribution in [3.05, 3.63) is 72.1 Å². The van der Waals surface area contributed by atoms with Gasteiger partial charge in [0.15, 0.2) is 0 Å². The average Bonchev–Trinajstić information content (AvgIpc) is 2.72. The number of nitrogens with one attached hydrogen (secondary N) is 1. The molecule has 0 aliphatic heterocycles. The van der Waals surface area contributed by atoms with E-state index in [1.807, 2.05) is 0 Å². The zero-order valence-electron chi connectivity index (χ0n) is 15.5. The van der Waals surface area contributed by atoms with Crippen molar-refractivity contribution in [3.63, 3.8) is 0 Å². The topological polar surface area (TPSA) is 93.3 Å². The Balaban J connectivity index is 1.86. The third-order valence-electron chi connectivity index (χ3n) is 4.13. The van der Waals surface area contributed by atoms with E-state index >= 15 is 0 Å². The molecule has 30 heavy (non-hydrogen) atoms. The molecule has 0 unspecified atom stereocenters. The van der Waals surface area contributed by atoms with Gasteiger partial charge in [-0.3, -0.25) is 19.8 Å². The number of hydrogen-bond acceptors (Lipinski definition) is 5. The summed E-state index contributed by atoms with van der Waals surface area (Å²) < 4.78 is 51.6. The molecule has 0 radical (unpaired) electrons. The van der Waals surface area contributed by atoms with E-state index in [0.29, 0.717) is 28.1 Å². The van der Waals surface area contributed by atoms with Crippen LogP contribution in [-0.2, 0) is 0 Å². The maximum absolute atomic E-state index is 13.9. The minimum atomic E-state index is -4.74. The number of allylic oxidation sites excluding steroid dienone is 1. The van der Waals surface area contributed by atoms with Gasteiger partial charge in [-0.1, -0.05) is 6.07 Å². The lowest BCUT2D eigenvalue weighted by Crippen LogP contribution is -2.31. The van der Waals surface area contributed by atoms with Crippen LogP contribution in [0.3, 0.4) is 0 Å². The molecule has 0 atom stereocenters. The second kappa shape index (κ2) is 8.27. The monoisotopic (exact) mass is 417 g/mol. The molecular formula is C20H15F4N5O. The molecule has 10 heteroatoms. The van der Waals surface area contributed by atoms with Crippen LogP contribution < -0.4 is 11.1 Å². The molecule has 0 fully saturated rings. The minimum absolute atomic E-state index is 0.151. The fourth-order valence-electron chi connectivity index (χ4n) is 2.59. The Hall–Kier alpha value is -3.82. The van der Waals surface area contributed by atoms with E-state index in [-0.39, 0.29) is 11.4 Å². The van der Waals surface area contributed by atoms with Crippen molar-refractivity contribution in [2.45, 2.75) is 6.18 Å². The summed E-state index contributed by atoms with van der Waals surface area (Å²) >= 11 is 0. The number of nitrogens with two attached hydrogens (primary N) is 1. The predicted octanol–water partition coefficient (Wildman–Crippen LogP) is 3.60. The van der Waals surface area contributed by atoms with E-state index in [9.17, 15) is 22.4 Å². The molecule has 0 spiro atoms. The number of aromatic nitrogens is 2. The zero-order chi connectivity index (χ0) is 21.9. The number of halogens is 4. The van der Waals surface area contributed by atoms with E-state index in [1.54, 1.807) is 12.1 Å². The van der Waals surface area contributed by atoms with Crippen LogP contribution in [0.15, 0.2) is 65.7 Å². The van der Waals surface area contributed by atoms with Crippen LogP contribution >= 0.6 is 0 Å². The van der Waals surface area contributed by atoms with E-state index in [0.717, 1.165) is 6.20 Å². The molecule has 0 aliphatic rings. The van der Waals surface area contributed by atoms with Gasteiger partial charge in [0.05, 0.1) is 11.7 Å². The van der Waals surface area contributed by atoms with Crippen molar-refractivity contribution >= 4 is 22.6 Å². The molecular weight excluding hydrogens is 402 g/mol. The number of carbonyl (C=O) groups is 1. The van der Waals surface area contributed by atoms with E-state index in [1.165, 1.54) is 37.6 Å². The molecule has 3 N–H and O–H groups in total. The number of aliphatic imine (C=N–C) groups is 1. The van der Waals surface area contributed by atoms with Crippen molar-refractivity contribution in [1.29, 1.82) is 0 Å². The van der Waals surface area contributed by atoms with Crippen LogP contribution in [-0.4, -0.2) is 34.9 Å². The van der Waals surface area contributed by atoms with Crippen LogP contribution in [0.25, 0.3) is 22.0 Å². The SMILES string of the molecule is CN=C(C=C(N)C(F)(F)F)NC(=O)c1ccc2cc(-c3ccncc3F)cnc2c1. The van der Waals surface area contributed by atoms with E-state index in [4.69, 9.17) is 5.73 Å². The normalized spacial score (nSPS) is 12.8. The summed E-state index contributed by atoms with van der Waals surface area (Å²) in [4.78, 5) is 23.9. The molecule has 2 aromatic heterocycles. The summed E-state index contributed by atoms with van der Waals surface area (Å²) in [5.74, 6) is -1.52. The summed E-state index contributed by atoms with van der Waals surface area (Å²) in [5.41, 5.74) is 5.03. The maximum atomic E-state index is 13.9. The minimum Gasteiger partial charge on any atom is -0.395 e. The zero-order valence-corrected chi connectivity index (χ0v) is 15.5. The number of benzene rings is 1. The molecule has 0 aliphatic carbocycles. The Morgan fingerprint density at radius 2 is 1.97 bits per heavy atom. The number of pyridine rings is 2. The molecule has 1 amide bonds. The van der Waals surface area contributed by atoms with Crippen molar-refractivity contribution in [2.24, 2.45) is 10.7 Å². The number of carbonyl (C=O) groups excluding carboxylic acids is 1. The van der Waals surface area contributed by atoms with Gasteiger partial charge in [0.25, 0.3) is 5.91 Å².